The van der Waals surface area contributed by atoms with Gasteiger partial charge in [-0.1, -0.05) is 19.9 Å². The van der Waals surface area contributed by atoms with E-state index in [9.17, 15) is 0 Å². The molecule has 4 heteroatoms. The molecular weight excluding hydrogens is 302 g/mol. The van der Waals surface area contributed by atoms with Crippen molar-refractivity contribution in [3.05, 3.63) is 35.0 Å². The minimum Gasteiger partial charge on any atom is -0.353 e. The summed E-state index contributed by atoms with van der Waals surface area (Å²) in [4.78, 5) is 6.79. The molecule has 0 atom stereocenters. The fourth-order valence-electron chi connectivity index (χ4n) is 1.91. The van der Waals surface area contributed by atoms with Crippen LogP contribution in [0.1, 0.15) is 26.3 Å². The van der Waals surface area contributed by atoms with E-state index in [-0.39, 0.29) is 0 Å². The summed E-state index contributed by atoms with van der Waals surface area (Å²) < 4.78 is 1.02. The molecule has 1 aromatic rings. The number of hydrogen-bond donors (Lipinski definition) is 1. The molecule has 1 heterocycles. The van der Waals surface area contributed by atoms with Crippen LogP contribution in [0.2, 0.25) is 0 Å². The van der Waals surface area contributed by atoms with Crippen LogP contribution in [-0.4, -0.2) is 24.6 Å². The van der Waals surface area contributed by atoms with Crippen molar-refractivity contribution in [2.45, 2.75) is 27.3 Å². The Hall–Kier alpha value is -0.870. The second kappa shape index (κ2) is 8.33. The molecule has 0 aliphatic carbocycles. The highest BCUT2D eigenvalue weighted by atomic mass is 79.9. The first-order chi connectivity index (χ1) is 9.08. The predicted molar refractivity (Wildman–Crippen MR) is 86.6 cm³/mol. The third-order valence-electron chi connectivity index (χ3n) is 2.81. The van der Waals surface area contributed by atoms with Crippen molar-refractivity contribution >= 4 is 21.7 Å². The zero-order valence-corrected chi connectivity index (χ0v) is 13.7. The van der Waals surface area contributed by atoms with E-state index in [4.69, 9.17) is 0 Å². The van der Waals surface area contributed by atoms with Crippen LogP contribution in [0.15, 0.2) is 29.4 Å². The summed E-state index contributed by atoms with van der Waals surface area (Å²) in [7, 11) is 0. The molecule has 0 radical (unpaired) electrons. The van der Waals surface area contributed by atoms with Gasteiger partial charge in [-0.2, -0.15) is 0 Å². The zero-order valence-electron chi connectivity index (χ0n) is 12.1. The van der Waals surface area contributed by atoms with Gasteiger partial charge in [-0.15, -0.1) is 6.58 Å². The van der Waals surface area contributed by atoms with E-state index in [1.165, 1.54) is 5.56 Å². The predicted octanol–water partition coefficient (Wildman–Crippen LogP) is 3.60. The SMILES string of the molecule is C=CCN(CC)c1ncc(Br)cc1CNCC(C)C. The van der Waals surface area contributed by atoms with Crippen LogP contribution in [0.4, 0.5) is 5.82 Å². The molecule has 1 N–H and O–H groups in total. The molecular formula is C15H24BrN3. The zero-order chi connectivity index (χ0) is 14.3. The summed E-state index contributed by atoms with van der Waals surface area (Å²) in [6, 6.07) is 2.14. The number of rotatable bonds is 8. The topological polar surface area (TPSA) is 28.2 Å². The minimum absolute atomic E-state index is 0.652. The van der Waals surface area contributed by atoms with Gasteiger partial charge in [0.2, 0.25) is 0 Å². The third kappa shape index (κ3) is 5.33. The molecule has 0 saturated carbocycles. The summed E-state index contributed by atoms with van der Waals surface area (Å²) in [5.41, 5.74) is 1.22. The van der Waals surface area contributed by atoms with E-state index in [0.717, 1.165) is 36.5 Å². The highest BCUT2D eigenvalue weighted by molar-refractivity contribution is 9.10. The van der Waals surface area contributed by atoms with Crippen LogP contribution in [0.25, 0.3) is 0 Å². The number of nitrogens with zero attached hydrogens (tertiary/aromatic N) is 2. The minimum atomic E-state index is 0.652. The lowest BCUT2D eigenvalue weighted by Gasteiger charge is -2.23. The van der Waals surface area contributed by atoms with Gasteiger partial charge in [-0.25, -0.2) is 4.98 Å². The maximum absolute atomic E-state index is 4.56. The van der Waals surface area contributed by atoms with Gasteiger partial charge in [0, 0.05) is 35.9 Å². The highest BCUT2D eigenvalue weighted by Crippen LogP contribution is 2.21. The standard InChI is InChI=1S/C15H24BrN3/c1-5-7-19(6-2)15-13(8-14(16)11-18-15)10-17-9-12(3)4/h5,8,11-12,17H,1,6-7,9-10H2,2-4H3. The Kier molecular flexibility index (Phi) is 7.10. The molecule has 0 saturated heterocycles. The van der Waals surface area contributed by atoms with Crippen molar-refractivity contribution in [1.29, 1.82) is 0 Å². The second-order valence-electron chi connectivity index (χ2n) is 4.99. The van der Waals surface area contributed by atoms with Crippen molar-refractivity contribution < 1.29 is 0 Å². The maximum atomic E-state index is 4.56. The lowest BCUT2D eigenvalue weighted by atomic mass is 10.2. The number of anilines is 1. The van der Waals surface area contributed by atoms with Crippen molar-refractivity contribution in [2.24, 2.45) is 5.92 Å². The van der Waals surface area contributed by atoms with Crippen LogP contribution in [-0.2, 0) is 6.54 Å². The number of halogens is 1. The Morgan fingerprint density at radius 2 is 2.26 bits per heavy atom. The molecule has 0 bridgehead atoms. The van der Waals surface area contributed by atoms with Crippen molar-refractivity contribution in [1.82, 2.24) is 10.3 Å². The average Bonchev–Trinajstić information content (AvgIpc) is 2.36. The molecule has 0 aromatic carbocycles. The largest absolute Gasteiger partial charge is 0.353 e. The summed E-state index contributed by atoms with van der Waals surface area (Å²) in [6.45, 7) is 14.0. The molecule has 0 fully saturated rings. The van der Waals surface area contributed by atoms with E-state index < -0.39 is 0 Å². The Balaban J connectivity index is 2.86. The van der Waals surface area contributed by atoms with Crippen molar-refractivity contribution in [2.75, 3.05) is 24.5 Å². The van der Waals surface area contributed by atoms with E-state index in [1.807, 2.05) is 12.3 Å². The smallest absolute Gasteiger partial charge is 0.133 e. The van der Waals surface area contributed by atoms with Crippen molar-refractivity contribution in [3.63, 3.8) is 0 Å². The van der Waals surface area contributed by atoms with E-state index in [0.29, 0.717) is 5.92 Å². The molecule has 3 nitrogen and oxygen atoms in total. The molecule has 106 valence electrons. The first kappa shape index (κ1) is 16.2. The quantitative estimate of drug-likeness (QED) is 0.740. The lowest BCUT2D eigenvalue weighted by Crippen LogP contribution is -2.27. The molecule has 0 unspecified atom stereocenters. The average molecular weight is 326 g/mol. The number of hydrogen-bond acceptors (Lipinski definition) is 3. The van der Waals surface area contributed by atoms with Gasteiger partial charge in [-0.05, 0) is 41.4 Å². The molecule has 19 heavy (non-hydrogen) atoms. The van der Waals surface area contributed by atoms with Gasteiger partial charge in [-0.3, -0.25) is 0 Å². The number of aromatic nitrogens is 1. The van der Waals surface area contributed by atoms with Crippen LogP contribution in [0, 0.1) is 5.92 Å². The number of likely N-dealkylation sites (N-methyl/N-ethyl adjacent to an activating group) is 1. The third-order valence-corrected chi connectivity index (χ3v) is 3.24. The maximum Gasteiger partial charge on any atom is 0.133 e. The van der Waals surface area contributed by atoms with Gasteiger partial charge in [0.25, 0.3) is 0 Å². The monoisotopic (exact) mass is 325 g/mol. The van der Waals surface area contributed by atoms with Crippen LogP contribution in [0.3, 0.4) is 0 Å². The van der Waals surface area contributed by atoms with Crippen LogP contribution >= 0.6 is 15.9 Å². The Bertz CT molecular complexity index is 404. The van der Waals surface area contributed by atoms with Gasteiger partial charge >= 0.3 is 0 Å². The molecule has 0 spiro atoms. The van der Waals surface area contributed by atoms with Crippen molar-refractivity contribution in [3.8, 4) is 0 Å². The summed E-state index contributed by atoms with van der Waals surface area (Å²) in [5, 5.41) is 3.48. The molecule has 0 aliphatic rings. The summed E-state index contributed by atoms with van der Waals surface area (Å²) in [5.74, 6) is 1.70. The molecule has 0 amide bonds. The Morgan fingerprint density at radius 1 is 1.53 bits per heavy atom. The van der Waals surface area contributed by atoms with Gasteiger partial charge < -0.3 is 10.2 Å². The van der Waals surface area contributed by atoms with Gasteiger partial charge in [0.1, 0.15) is 5.82 Å². The van der Waals surface area contributed by atoms with Gasteiger partial charge in [0.15, 0.2) is 0 Å². The fourth-order valence-corrected chi connectivity index (χ4v) is 2.28. The van der Waals surface area contributed by atoms with Crippen LogP contribution in [0.5, 0.6) is 0 Å². The van der Waals surface area contributed by atoms with E-state index in [1.54, 1.807) is 0 Å². The van der Waals surface area contributed by atoms with E-state index >= 15 is 0 Å². The highest BCUT2D eigenvalue weighted by Gasteiger charge is 2.11. The first-order valence-electron chi connectivity index (χ1n) is 6.79. The van der Waals surface area contributed by atoms with Crippen LogP contribution < -0.4 is 10.2 Å². The molecule has 1 rings (SSSR count). The molecule has 0 aliphatic heterocycles. The fraction of sp³-hybridized carbons (Fsp3) is 0.533. The van der Waals surface area contributed by atoms with Gasteiger partial charge in [0.05, 0.1) is 0 Å². The normalized spacial score (nSPS) is 10.8. The molecule has 1 aromatic heterocycles. The lowest BCUT2D eigenvalue weighted by molar-refractivity contribution is 0.551. The number of nitrogens with one attached hydrogen (secondary N) is 1. The second-order valence-corrected chi connectivity index (χ2v) is 5.90. The number of pyridine rings is 1. The summed E-state index contributed by atoms with van der Waals surface area (Å²) >= 11 is 3.50. The Morgan fingerprint density at radius 3 is 2.84 bits per heavy atom. The Labute approximate surface area is 125 Å². The van der Waals surface area contributed by atoms with E-state index in [2.05, 4.69) is 64.5 Å². The summed E-state index contributed by atoms with van der Waals surface area (Å²) in [6.07, 6.45) is 3.77. The first-order valence-corrected chi connectivity index (χ1v) is 7.58.